The lowest BCUT2D eigenvalue weighted by molar-refractivity contribution is 0.344. The van der Waals surface area contributed by atoms with Crippen LogP contribution >= 0.6 is 0 Å². The second kappa shape index (κ2) is 7.40. The number of rotatable bonds is 5. The molecule has 0 radical (unpaired) electrons. The van der Waals surface area contributed by atoms with Crippen LogP contribution in [0.25, 0.3) is 28.0 Å². The molecule has 0 aliphatic carbocycles. The van der Waals surface area contributed by atoms with Crippen LogP contribution in [0.5, 0.6) is 5.75 Å². The summed E-state index contributed by atoms with van der Waals surface area (Å²) in [6.45, 7) is 6.44. The predicted octanol–water partition coefficient (Wildman–Crippen LogP) is 4.21. The number of fused-ring (bicyclic) bond motifs is 1. The Morgan fingerprint density at radius 2 is 1.93 bits per heavy atom. The summed E-state index contributed by atoms with van der Waals surface area (Å²) in [4.78, 5) is 9.33. The van der Waals surface area contributed by atoms with Crippen LogP contribution in [0.1, 0.15) is 31.3 Å². The Bertz CT molecular complexity index is 1130. The molecule has 0 aliphatic rings. The van der Waals surface area contributed by atoms with Gasteiger partial charge in [-0.1, -0.05) is 12.1 Å². The third-order valence-corrected chi connectivity index (χ3v) is 4.57. The molecule has 0 saturated heterocycles. The maximum Gasteiger partial charge on any atom is 0.154 e. The lowest BCUT2D eigenvalue weighted by Crippen LogP contribution is -2.07. The first-order chi connectivity index (χ1) is 13.6. The minimum absolute atomic E-state index is 0.128. The van der Waals surface area contributed by atoms with Gasteiger partial charge in [-0.2, -0.15) is 5.10 Å². The van der Waals surface area contributed by atoms with E-state index in [4.69, 9.17) is 15.5 Å². The highest BCUT2D eigenvalue weighted by atomic mass is 16.5. The van der Waals surface area contributed by atoms with Crippen molar-refractivity contribution in [3.8, 4) is 22.8 Å². The second-order valence-electron chi connectivity index (χ2n) is 6.77. The van der Waals surface area contributed by atoms with Gasteiger partial charge in [0.25, 0.3) is 0 Å². The Balaban J connectivity index is 1.93. The van der Waals surface area contributed by atoms with Crippen LogP contribution in [0.15, 0.2) is 54.7 Å². The number of aromatic nitrogens is 4. The van der Waals surface area contributed by atoms with Crippen LogP contribution in [-0.4, -0.2) is 26.4 Å². The van der Waals surface area contributed by atoms with Crippen molar-refractivity contribution in [3.63, 3.8) is 0 Å². The Hall–Kier alpha value is -3.25. The molecule has 6 heteroatoms. The quantitative estimate of drug-likeness (QED) is 0.567. The van der Waals surface area contributed by atoms with Gasteiger partial charge in [0.05, 0.1) is 35.1 Å². The number of aryl methyl sites for hydroxylation is 1. The zero-order valence-electron chi connectivity index (χ0n) is 16.3. The van der Waals surface area contributed by atoms with Crippen molar-refractivity contribution in [2.75, 3.05) is 6.61 Å². The molecular formula is C22H23N5O. The number of benzene rings is 1. The average Bonchev–Trinajstić information content (AvgIpc) is 3.12. The molecule has 0 bridgehead atoms. The van der Waals surface area contributed by atoms with Crippen molar-refractivity contribution < 1.29 is 4.74 Å². The maximum atomic E-state index is 6.02. The van der Waals surface area contributed by atoms with Crippen LogP contribution in [0.4, 0.5) is 0 Å². The van der Waals surface area contributed by atoms with E-state index in [2.05, 4.69) is 16.1 Å². The molecule has 1 aromatic carbocycles. The highest BCUT2D eigenvalue weighted by Gasteiger charge is 2.15. The van der Waals surface area contributed by atoms with Crippen LogP contribution in [0.2, 0.25) is 0 Å². The summed E-state index contributed by atoms with van der Waals surface area (Å²) < 4.78 is 7.74. The van der Waals surface area contributed by atoms with Gasteiger partial charge in [-0.25, -0.2) is 9.67 Å². The number of hydrogen-bond donors (Lipinski definition) is 1. The molecular weight excluding hydrogens is 350 g/mol. The molecule has 0 saturated carbocycles. The number of nitrogens with zero attached hydrogens (tertiary/aromatic N) is 4. The second-order valence-corrected chi connectivity index (χ2v) is 6.77. The number of ether oxygens (including phenoxy) is 1. The molecule has 2 N–H and O–H groups in total. The summed E-state index contributed by atoms with van der Waals surface area (Å²) >= 11 is 0. The SMILES string of the molecule is CCOc1cc(-c2cccc(C(C)N)n2)cc2c1cnn2-c1cccc(C)n1. The van der Waals surface area contributed by atoms with Gasteiger partial charge in [0.2, 0.25) is 0 Å². The molecule has 3 heterocycles. The van der Waals surface area contributed by atoms with Crippen molar-refractivity contribution in [3.05, 3.63) is 66.1 Å². The van der Waals surface area contributed by atoms with E-state index in [-0.39, 0.29) is 6.04 Å². The molecule has 0 fully saturated rings. The maximum absolute atomic E-state index is 6.02. The minimum Gasteiger partial charge on any atom is -0.493 e. The topological polar surface area (TPSA) is 78.9 Å². The standard InChI is InChI=1S/C22H23N5O/c1-4-28-21-12-16(19-9-6-8-18(26-19)15(3)23)11-20-17(21)13-24-27(20)22-10-5-7-14(2)25-22/h5-13,15H,4,23H2,1-3H3. The minimum atomic E-state index is -0.128. The summed E-state index contributed by atoms with van der Waals surface area (Å²) in [5, 5.41) is 5.51. The van der Waals surface area contributed by atoms with Crippen molar-refractivity contribution in [2.45, 2.75) is 26.8 Å². The molecule has 1 unspecified atom stereocenters. The normalized spacial score (nSPS) is 12.3. The summed E-state index contributed by atoms with van der Waals surface area (Å²) in [5.41, 5.74) is 10.5. The van der Waals surface area contributed by atoms with Crippen LogP contribution < -0.4 is 10.5 Å². The van der Waals surface area contributed by atoms with Gasteiger partial charge >= 0.3 is 0 Å². The van der Waals surface area contributed by atoms with Gasteiger partial charge in [0.1, 0.15) is 5.75 Å². The summed E-state index contributed by atoms with van der Waals surface area (Å²) in [5.74, 6) is 1.55. The third-order valence-electron chi connectivity index (χ3n) is 4.57. The molecule has 4 rings (SSSR count). The number of hydrogen-bond acceptors (Lipinski definition) is 5. The highest BCUT2D eigenvalue weighted by Crippen LogP contribution is 2.33. The molecule has 1 atom stereocenters. The largest absolute Gasteiger partial charge is 0.493 e. The highest BCUT2D eigenvalue weighted by molar-refractivity contribution is 5.90. The fourth-order valence-electron chi connectivity index (χ4n) is 3.21. The fraction of sp³-hybridized carbons (Fsp3) is 0.227. The first kappa shape index (κ1) is 18.1. The molecule has 3 aromatic heterocycles. The van der Waals surface area contributed by atoms with E-state index in [1.54, 1.807) is 0 Å². The zero-order chi connectivity index (χ0) is 19.7. The molecule has 0 aliphatic heterocycles. The number of pyridine rings is 2. The van der Waals surface area contributed by atoms with E-state index < -0.39 is 0 Å². The van der Waals surface area contributed by atoms with E-state index >= 15 is 0 Å². The van der Waals surface area contributed by atoms with Crippen molar-refractivity contribution in [1.29, 1.82) is 0 Å². The van der Waals surface area contributed by atoms with E-state index in [0.717, 1.165) is 45.1 Å². The third kappa shape index (κ3) is 3.34. The van der Waals surface area contributed by atoms with Crippen LogP contribution in [0, 0.1) is 6.92 Å². The Kier molecular flexibility index (Phi) is 4.79. The van der Waals surface area contributed by atoms with Gasteiger partial charge in [0, 0.05) is 17.3 Å². The van der Waals surface area contributed by atoms with Crippen LogP contribution in [-0.2, 0) is 0 Å². The first-order valence-corrected chi connectivity index (χ1v) is 9.38. The lowest BCUT2D eigenvalue weighted by Gasteiger charge is -2.11. The summed E-state index contributed by atoms with van der Waals surface area (Å²) in [7, 11) is 0. The lowest BCUT2D eigenvalue weighted by atomic mass is 10.1. The Morgan fingerprint density at radius 1 is 1.11 bits per heavy atom. The fourth-order valence-corrected chi connectivity index (χ4v) is 3.21. The molecule has 0 amide bonds. The molecule has 28 heavy (non-hydrogen) atoms. The van der Waals surface area contributed by atoms with Gasteiger partial charge in [0.15, 0.2) is 5.82 Å². The van der Waals surface area contributed by atoms with Crippen molar-refractivity contribution >= 4 is 10.9 Å². The number of nitrogens with two attached hydrogens (primary N) is 1. The van der Waals surface area contributed by atoms with Gasteiger partial charge in [-0.15, -0.1) is 0 Å². The molecule has 4 aromatic rings. The Labute approximate surface area is 164 Å². The van der Waals surface area contributed by atoms with Gasteiger partial charge < -0.3 is 10.5 Å². The smallest absolute Gasteiger partial charge is 0.154 e. The molecule has 6 nitrogen and oxygen atoms in total. The average molecular weight is 373 g/mol. The molecule has 0 spiro atoms. The van der Waals surface area contributed by atoms with E-state index in [9.17, 15) is 0 Å². The van der Waals surface area contributed by atoms with E-state index in [1.165, 1.54) is 0 Å². The van der Waals surface area contributed by atoms with Crippen molar-refractivity contribution in [2.24, 2.45) is 5.73 Å². The van der Waals surface area contributed by atoms with Crippen LogP contribution in [0.3, 0.4) is 0 Å². The van der Waals surface area contributed by atoms with E-state index in [0.29, 0.717) is 6.61 Å². The first-order valence-electron chi connectivity index (χ1n) is 9.38. The van der Waals surface area contributed by atoms with E-state index in [1.807, 2.05) is 74.1 Å². The monoisotopic (exact) mass is 373 g/mol. The zero-order valence-corrected chi connectivity index (χ0v) is 16.3. The molecule has 142 valence electrons. The summed E-state index contributed by atoms with van der Waals surface area (Å²) in [6, 6.07) is 15.7. The summed E-state index contributed by atoms with van der Waals surface area (Å²) in [6.07, 6.45) is 1.82. The predicted molar refractivity (Wildman–Crippen MR) is 111 cm³/mol. The van der Waals surface area contributed by atoms with Gasteiger partial charge in [-0.3, -0.25) is 4.98 Å². The Morgan fingerprint density at radius 3 is 2.68 bits per heavy atom. The van der Waals surface area contributed by atoms with Crippen molar-refractivity contribution in [1.82, 2.24) is 19.7 Å². The van der Waals surface area contributed by atoms with Gasteiger partial charge in [-0.05, 0) is 57.2 Å².